The van der Waals surface area contributed by atoms with Crippen molar-refractivity contribution in [3.05, 3.63) is 10.2 Å². The minimum absolute atomic E-state index is 0.370. The SMILES string of the molecule is C/N=C/C1NC(C)=C(Br)C1C. The van der Waals surface area contributed by atoms with Crippen LogP contribution < -0.4 is 5.32 Å². The molecule has 0 bridgehead atoms. The molecular formula is C8H13BrN2. The first-order valence-electron chi connectivity index (χ1n) is 3.72. The first kappa shape index (κ1) is 8.78. The average Bonchev–Trinajstić information content (AvgIpc) is 2.19. The van der Waals surface area contributed by atoms with Crippen LogP contribution in [0, 0.1) is 5.92 Å². The Morgan fingerprint density at radius 1 is 1.64 bits per heavy atom. The maximum absolute atomic E-state index is 4.00. The molecule has 1 N–H and O–H groups in total. The number of halogens is 1. The minimum Gasteiger partial charge on any atom is -0.380 e. The Morgan fingerprint density at radius 2 is 2.27 bits per heavy atom. The number of hydrogen-bond acceptors (Lipinski definition) is 2. The van der Waals surface area contributed by atoms with Gasteiger partial charge < -0.3 is 5.32 Å². The van der Waals surface area contributed by atoms with Crippen molar-refractivity contribution in [1.82, 2.24) is 5.32 Å². The molecule has 3 heteroatoms. The molecule has 1 rings (SSSR count). The monoisotopic (exact) mass is 216 g/mol. The fourth-order valence-corrected chi connectivity index (χ4v) is 1.67. The van der Waals surface area contributed by atoms with E-state index < -0.39 is 0 Å². The second-order valence-corrected chi connectivity index (χ2v) is 3.69. The van der Waals surface area contributed by atoms with Crippen LogP contribution in [0.5, 0.6) is 0 Å². The number of rotatable bonds is 1. The largest absolute Gasteiger partial charge is 0.380 e. The van der Waals surface area contributed by atoms with E-state index in [1.165, 1.54) is 10.2 Å². The quantitative estimate of drug-likeness (QED) is 0.666. The van der Waals surface area contributed by atoms with Gasteiger partial charge in [-0.3, -0.25) is 4.99 Å². The zero-order valence-electron chi connectivity index (χ0n) is 7.06. The lowest BCUT2D eigenvalue weighted by Crippen LogP contribution is -2.28. The topological polar surface area (TPSA) is 24.4 Å². The van der Waals surface area contributed by atoms with Crippen LogP contribution >= 0.6 is 15.9 Å². The normalized spacial score (nSPS) is 31.6. The molecule has 0 radical (unpaired) electrons. The summed E-state index contributed by atoms with van der Waals surface area (Å²) < 4.78 is 1.27. The van der Waals surface area contributed by atoms with Crippen LogP contribution in [0.2, 0.25) is 0 Å². The van der Waals surface area contributed by atoms with E-state index in [9.17, 15) is 0 Å². The Labute approximate surface area is 75.9 Å². The van der Waals surface area contributed by atoms with Crippen molar-refractivity contribution < 1.29 is 0 Å². The van der Waals surface area contributed by atoms with Gasteiger partial charge in [-0.05, 0) is 6.92 Å². The first-order chi connectivity index (χ1) is 5.16. The summed E-state index contributed by atoms with van der Waals surface area (Å²) in [5.41, 5.74) is 1.22. The highest BCUT2D eigenvalue weighted by Crippen LogP contribution is 2.29. The number of aliphatic imine (C=N–C) groups is 1. The predicted octanol–water partition coefficient (Wildman–Crippen LogP) is 1.92. The lowest BCUT2D eigenvalue weighted by atomic mass is 10.1. The zero-order chi connectivity index (χ0) is 8.43. The highest BCUT2D eigenvalue weighted by atomic mass is 79.9. The lowest BCUT2D eigenvalue weighted by Gasteiger charge is -2.10. The van der Waals surface area contributed by atoms with Crippen molar-refractivity contribution in [2.24, 2.45) is 10.9 Å². The summed E-state index contributed by atoms with van der Waals surface area (Å²) in [6.07, 6.45) is 1.95. The van der Waals surface area contributed by atoms with Gasteiger partial charge in [0.2, 0.25) is 0 Å². The van der Waals surface area contributed by atoms with Crippen LogP contribution in [0.4, 0.5) is 0 Å². The van der Waals surface area contributed by atoms with Gasteiger partial charge in [0, 0.05) is 29.4 Å². The third-order valence-corrected chi connectivity index (χ3v) is 3.31. The van der Waals surface area contributed by atoms with Gasteiger partial charge in [0.1, 0.15) is 0 Å². The van der Waals surface area contributed by atoms with Gasteiger partial charge >= 0.3 is 0 Å². The summed E-state index contributed by atoms with van der Waals surface area (Å²) in [4.78, 5) is 4.00. The maximum Gasteiger partial charge on any atom is 0.0680 e. The molecule has 11 heavy (non-hydrogen) atoms. The summed E-state index contributed by atoms with van der Waals surface area (Å²) in [5, 5.41) is 3.34. The van der Waals surface area contributed by atoms with Gasteiger partial charge in [0.25, 0.3) is 0 Å². The molecule has 0 fully saturated rings. The molecule has 0 aromatic heterocycles. The van der Waals surface area contributed by atoms with Gasteiger partial charge in [0.05, 0.1) is 6.04 Å². The second-order valence-electron chi connectivity index (χ2n) is 2.84. The number of nitrogens with one attached hydrogen (secondary N) is 1. The van der Waals surface area contributed by atoms with Crippen LogP contribution in [0.3, 0.4) is 0 Å². The molecule has 0 aromatic rings. The van der Waals surface area contributed by atoms with Gasteiger partial charge in [-0.25, -0.2) is 0 Å². The molecule has 1 heterocycles. The van der Waals surface area contributed by atoms with Crippen molar-refractivity contribution in [2.75, 3.05) is 7.05 Å². The molecule has 1 aliphatic rings. The van der Waals surface area contributed by atoms with Gasteiger partial charge in [-0.2, -0.15) is 0 Å². The molecule has 2 unspecified atom stereocenters. The highest BCUT2D eigenvalue weighted by molar-refractivity contribution is 9.11. The second kappa shape index (κ2) is 3.39. The molecule has 2 nitrogen and oxygen atoms in total. The summed E-state index contributed by atoms with van der Waals surface area (Å²) in [6.45, 7) is 4.25. The van der Waals surface area contributed by atoms with Gasteiger partial charge in [-0.1, -0.05) is 22.9 Å². The zero-order valence-corrected chi connectivity index (χ0v) is 8.64. The molecular weight excluding hydrogens is 204 g/mol. The standard InChI is InChI=1S/C8H13BrN2/c1-5-7(4-10-3)11-6(2)8(5)9/h4-5,7,11H,1-3H3/b10-4+. The van der Waals surface area contributed by atoms with Crippen molar-refractivity contribution in [3.63, 3.8) is 0 Å². The average molecular weight is 217 g/mol. The Balaban J connectivity index is 2.70. The van der Waals surface area contributed by atoms with Crippen molar-refractivity contribution in [1.29, 1.82) is 0 Å². The molecule has 62 valence electrons. The summed E-state index contributed by atoms with van der Waals surface area (Å²) in [5.74, 6) is 0.513. The molecule has 0 saturated heterocycles. The molecule has 0 aromatic carbocycles. The molecule has 1 aliphatic heterocycles. The van der Waals surface area contributed by atoms with Crippen LogP contribution in [-0.2, 0) is 0 Å². The van der Waals surface area contributed by atoms with Crippen LogP contribution in [0.15, 0.2) is 15.2 Å². The van der Waals surface area contributed by atoms with Crippen LogP contribution in [-0.4, -0.2) is 19.3 Å². The first-order valence-corrected chi connectivity index (χ1v) is 4.51. The predicted molar refractivity (Wildman–Crippen MR) is 52.1 cm³/mol. The smallest absolute Gasteiger partial charge is 0.0680 e. The number of hydrogen-bond donors (Lipinski definition) is 1. The van der Waals surface area contributed by atoms with E-state index in [0.717, 1.165) is 0 Å². The van der Waals surface area contributed by atoms with Gasteiger partial charge in [-0.15, -0.1) is 0 Å². The Bertz CT molecular complexity index is 208. The van der Waals surface area contributed by atoms with Gasteiger partial charge in [0.15, 0.2) is 0 Å². The van der Waals surface area contributed by atoms with Crippen molar-refractivity contribution in [3.8, 4) is 0 Å². The lowest BCUT2D eigenvalue weighted by molar-refractivity contribution is 0.633. The molecule has 2 atom stereocenters. The van der Waals surface area contributed by atoms with Crippen molar-refractivity contribution in [2.45, 2.75) is 19.9 Å². The Kier molecular flexibility index (Phi) is 2.71. The van der Waals surface area contributed by atoms with E-state index >= 15 is 0 Å². The Morgan fingerprint density at radius 3 is 2.64 bits per heavy atom. The number of allylic oxidation sites excluding steroid dienone is 1. The Hall–Kier alpha value is -0.310. The van der Waals surface area contributed by atoms with E-state index in [0.29, 0.717) is 12.0 Å². The third kappa shape index (κ3) is 1.64. The molecule has 0 amide bonds. The van der Waals surface area contributed by atoms with Crippen molar-refractivity contribution >= 4 is 22.1 Å². The van der Waals surface area contributed by atoms with E-state index in [1.54, 1.807) is 7.05 Å². The highest BCUT2D eigenvalue weighted by Gasteiger charge is 2.25. The summed E-state index contributed by atoms with van der Waals surface area (Å²) >= 11 is 3.53. The van der Waals surface area contributed by atoms with E-state index in [-0.39, 0.29) is 0 Å². The minimum atomic E-state index is 0.370. The molecule has 0 spiro atoms. The maximum atomic E-state index is 4.00. The summed E-state index contributed by atoms with van der Waals surface area (Å²) in [7, 11) is 1.80. The molecule has 0 saturated carbocycles. The molecule has 0 aliphatic carbocycles. The van der Waals surface area contributed by atoms with E-state index in [2.05, 4.69) is 40.1 Å². The van der Waals surface area contributed by atoms with Crippen LogP contribution in [0.1, 0.15) is 13.8 Å². The fraction of sp³-hybridized carbons (Fsp3) is 0.625. The third-order valence-electron chi connectivity index (χ3n) is 1.99. The summed E-state index contributed by atoms with van der Waals surface area (Å²) in [6, 6.07) is 0.370. The van der Waals surface area contributed by atoms with Crippen LogP contribution in [0.25, 0.3) is 0 Å². The number of nitrogens with zero attached hydrogens (tertiary/aromatic N) is 1. The van der Waals surface area contributed by atoms with E-state index in [1.807, 2.05) is 6.21 Å². The fourth-order valence-electron chi connectivity index (χ4n) is 1.27. The van der Waals surface area contributed by atoms with E-state index in [4.69, 9.17) is 0 Å².